The van der Waals surface area contributed by atoms with Gasteiger partial charge in [-0.2, -0.15) is 26.3 Å². The predicted octanol–water partition coefficient (Wildman–Crippen LogP) is 7.69. The Morgan fingerprint density at radius 1 is 0.973 bits per heavy atom. The van der Waals surface area contributed by atoms with E-state index in [0.717, 1.165) is 38.6 Å². The molecule has 0 spiro atoms. The molecule has 1 aromatic carbocycles. The first-order valence-corrected chi connectivity index (χ1v) is 12.8. The molecule has 0 saturated heterocycles. The molecule has 0 aromatic heterocycles. The van der Waals surface area contributed by atoms with Crippen LogP contribution in [0.1, 0.15) is 70.9 Å². The SMILES string of the molecule is C.CC12C=CCNC1CCC1C2CCC2(C)C(C(=O)Nc3cc(C(F)(F)F)ccc3C(F)(F)F)CCC12. The van der Waals surface area contributed by atoms with E-state index in [4.69, 9.17) is 0 Å². The topological polar surface area (TPSA) is 41.1 Å². The lowest BCUT2D eigenvalue weighted by atomic mass is 9.48. The number of benzene rings is 1. The van der Waals surface area contributed by atoms with Gasteiger partial charge in [0.05, 0.1) is 16.8 Å². The standard InChI is InChI=1S/C27H32F6N2O.CH4/c1-24-12-10-18-16(5-9-22-25(18,2)11-3-13-34-22)17(24)7-8-20(24)23(36)35-21-14-15(26(28,29)30)4-6-19(21)27(31,32)33;/h3-4,6,11,14,16-18,20,22,34H,5,7-10,12-13H2,1-2H3,(H,35,36);1H4. The first-order valence-electron chi connectivity index (χ1n) is 12.8. The minimum atomic E-state index is -4.89. The zero-order chi connectivity index (χ0) is 26.1. The molecular formula is C28H36F6N2O. The van der Waals surface area contributed by atoms with Crippen molar-refractivity contribution in [2.24, 2.45) is 34.5 Å². The van der Waals surface area contributed by atoms with E-state index in [1.807, 2.05) is 0 Å². The van der Waals surface area contributed by atoms with Gasteiger partial charge in [0.1, 0.15) is 0 Å². The molecule has 3 aliphatic carbocycles. The number of amides is 1. The van der Waals surface area contributed by atoms with E-state index in [-0.39, 0.29) is 24.2 Å². The van der Waals surface area contributed by atoms with Crippen LogP contribution in [-0.2, 0) is 17.1 Å². The first-order chi connectivity index (χ1) is 16.7. The molecule has 0 bridgehead atoms. The zero-order valence-electron chi connectivity index (χ0n) is 20.4. The van der Waals surface area contributed by atoms with Crippen LogP contribution in [0.4, 0.5) is 32.0 Å². The van der Waals surface area contributed by atoms with Gasteiger partial charge in [-0.1, -0.05) is 33.4 Å². The van der Waals surface area contributed by atoms with Crippen LogP contribution in [0, 0.1) is 34.5 Å². The lowest BCUT2D eigenvalue weighted by molar-refractivity contribution is -0.141. The largest absolute Gasteiger partial charge is 0.418 e. The van der Waals surface area contributed by atoms with Crippen LogP contribution < -0.4 is 10.6 Å². The molecule has 3 fully saturated rings. The Morgan fingerprint density at radius 3 is 2.38 bits per heavy atom. The van der Waals surface area contributed by atoms with Crippen molar-refractivity contribution in [1.82, 2.24) is 5.32 Å². The zero-order valence-corrected chi connectivity index (χ0v) is 20.4. The fourth-order valence-corrected chi connectivity index (χ4v) is 8.20. The maximum atomic E-state index is 13.6. The summed E-state index contributed by atoms with van der Waals surface area (Å²) in [7, 11) is 0. The second-order valence-corrected chi connectivity index (χ2v) is 11.6. The molecule has 9 heteroatoms. The van der Waals surface area contributed by atoms with Gasteiger partial charge in [0.2, 0.25) is 5.91 Å². The van der Waals surface area contributed by atoms with Crippen molar-refractivity contribution >= 4 is 11.6 Å². The normalized spacial score (nSPS) is 37.1. The molecule has 5 rings (SSSR count). The van der Waals surface area contributed by atoms with Crippen LogP contribution in [0.3, 0.4) is 0 Å². The quantitative estimate of drug-likeness (QED) is 0.304. The second kappa shape index (κ2) is 9.31. The van der Waals surface area contributed by atoms with Crippen molar-refractivity contribution in [2.45, 2.75) is 78.2 Å². The van der Waals surface area contributed by atoms with Gasteiger partial charge in [0.25, 0.3) is 0 Å². The Balaban J connectivity index is 0.00000320. The maximum Gasteiger partial charge on any atom is 0.418 e. The van der Waals surface area contributed by atoms with Crippen LogP contribution in [0.5, 0.6) is 0 Å². The maximum absolute atomic E-state index is 13.6. The summed E-state index contributed by atoms with van der Waals surface area (Å²) in [5.41, 5.74) is -3.66. The number of alkyl halides is 6. The third-order valence-corrected chi connectivity index (χ3v) is 9.96. The molecule has 7 atom stereocenters. The summed E-state index contributed by atoms with van der Waals surface area (Å²) < 4.78 is 80.3. The Kier molecular flexibility index (Phi) is 7.04. The fourth-order valence-electron chi connectivity index (χ4n) is 8.20. The minimum Gasteiger partial charge on any atom is -0.325 e. The molecule has 1 aromatic rings. The van der Waals surface area contributed by atoms with Gasteiger partial charge in [-0.05, 0) is 79.9 Å². The van der Waals surface area contributed by atoms with Gasteiger partial charge in [-0.3, -0.25) is 4.79 Å². The van der Waals surface area contributed by atoms with Crippen molar-refractivity contribution in [3.8, 4) is 0 Å². The van der Waals surface area contributed by atoms with Gasteiger partial charge in [-0.25, -0.2) is 0 Å². The summed E-state index contributed by atoms with van der Waals surface area (Å²) in [6, 6.07) is 1.62. The molecule has 37 heavy (non-hydrogen) atoms. The van der Waals surface area contributed by atoms with Crippen LogP contribution in [0.15, 0.2) is 30.4 Å². The first kappa shape index (κ1) is 28.0. The van der Waals surface area contributed by atoms with E-state index >= 15 is 0 Å². The van der Waals surface area contributed by atoms with Crippen molar-refractivity contribution in [2.75, 3.05) is 11.9 Å². The third-order valence-electron chi connectivity index (χ3n) is 9.96. The molecule has 4 aliphatic rings. The number of hydrogen-bond acceptors (Lipinski definition) is 2. The van der Waals surface area contributed by atoms with Gasteiger partial charge >= 0.3 is 12.4 Å². The molecular weight excluding hydrogens is 494 g/mol. The highest BCUT2D eigenvalue weighted by molar-refractivity contribution is 5.94. The van der Waals surface area contributed by atoms with Gasteiger partial charge in [0, 0.05) is 23.9 Å². The summed E-state index contributed by atoms with van der Waals surface area (Å²) in [6.45, 7) is 5.24. The Bertz CT molecular complexity index is 1070. The van der Waals surface area contributed by atoms with Crippen LogP contribution in [-0.4, -0.2) is 18.5 Å². The summed E-state index contributed by atoms with van der Waals surface area (Å²) in [5.74, 6) is 0.0165. The summed E-state index contributed by atoms with van der Waals surface area (Å²) >= 11 is 0. The number of rotatable bonds is 2. The third kappa shape index (κ3) is 4.59. The monoisotopic (exact) mass is 530 g/mol. The number of fused-ring (bicyclic) bond motifs is 5. The second-order valence-electron chi connectivity index (χ2n) is 11.6. The molecule has 206 valence electrons. The Hall–Kier alpha value is -2.03. The smallest absolute Gasteiger partial charge is 0.325 e. The van der Waals surface area contributed by atoms with Crippen molar-refractivity contribution in [3.05, 3.63) is 41.5 Å². The lowest BCUT2D eigenvalue weighted by Gasteiger charge is -2.59. The van der Waals surface area contributed by atoms with E-state index in [2.05, 4.69) is 36.6 Å². The predicted molar refractivity (Wildman–Crippen MR) is 131 cm³/mol. The molecule has 2 N–H and O–H groups in total. The Labute approximate surface area is 214 Å². The number of halogens is 6. The van der Waals surface area contributed by atoms with Gasteiger partial charge in [0.15, 0.2) is 0 Å². The van der Waals surface area contributed by atoms with Crippen molar-refractivity contribution < 1.29 is 31.1 Å². The van der Waals surface area contributed by atoms with Crippen LogP contribution >= 0.6 is 0 Å². The van der Waals surface area contributed by atoms with Crippen molar-refractivity contribution in [3.63, 3.8) is 0 Å². The van der Waals surface area contributed by atoms with Crippen molar-refractivity contribution in [1.29, 1.82) is 0 Å². The number of anilines is 1. The van der Waals surface area contributed by atoms with Gasteiger partial charge < -0.3 is 10.6 Å². The number of carbonyl (C=O) groups excluding carboxylic acids is 1. The molecule has 3 nitrogen and oxygen atoms in total. The van der Waals surface area contributed by atoms with E-state index in [1.165, 1.54) is 0 Å². The summed E-state index contributed by atoms with van der Waals surface area (Å²) in [4.78, 5) is 13.4. The van der Waals surface area contributed by atoms with Crippen LogP contribution in [0.2, 0.25) is 0 Å². The number of nitrogens with one attached hydrogen (secondary N) is 2. The highest BCUT2D eigenvalue weighted by Crippen LogP contribution is 2.65. The summed E-state index contributed by atoms with van der Waals surface area (Å²) in [5, 5.41) is 5.90. The van der Waals surface area contributed by atoms with E-state index < -0.39 is 41.0 Å². The van der Waals surface area contributed by atoms with Crippen LogP contribution in [0.25, 0.3) is 0 Å². The van der Waals surface area contributed by atoms with E-state index in [9.17, 15) is 31.1 Å². The molecule has 1 amide bonds. The Morgan fingerprint density at radius 2 is 1.70 bits per heavy atom. The van der Waals surface area contributed by atoms with Gasteiger partial charge in [-0.15, -0.1) is 0 Å². The molecule has 1 aliphatic heterocycles. The number of hydrogen-bond donors (Lipinski definition) is 2. The fraction of sp³-hybridized carbons (Fsp3) is 0.679. The number of carbonyl (C=O) groups is 1. The minimum absolute atomic E-state index is 0. The van der Waals surface area contributed by atoms with E-state index in [0.29, 0.717) is 42.5 Å². The highest BCUT2D eigenvalue weighted by atomic mass is 19.4. The molecule has 3 saturated carbocycles. The average Bonchev–Trinajstić information content (AvgIpc) is 3.14. The molecule has 0 radical (unpaired) electrons. The average molecular weight is 531 g/mol. The highest BCUT2D eigenvalue weighted by Gasteiger charge is 2.60. The lowest BCUT2D eigenvalue weighted by Crippen LogP contribution is -2.58. The summed E-state index contributed by atoms with van der Waals surface area (Å²) in [6.07, 6.45) is -0.0279. The molecule has 1 heterocycles. The van der Waals surface area contributed by atoms with E-state index in [1.54, 1.807) is 0 Å². The molecule has 7 unspecified atom stereocenters.